The van der Waals surface area contributed by atoms with Crippen LogP contribution in [0.5, 0.6) is 0 Å². The van der Waals surface area contributed by atoms with Crippen molar-refractivity contribution in [3.8, 4) is 0 Å². The summed E-state index contributed by atoms with van der Waals surface area (Å²) in [5, 5.41) is 0. The van der Waals surface area contributed by atoms with Gasteiger partial charge in [0.05, 0.1) is 0 Å². The van der Waals surface area contributed by atoms with Crippen LogP contribution in [0.25, 0.3) is 0 Å². The molecule has 1 aliphatic rings. The Bertz CT molecular complexity index is 101. The van der Waals surface area contributed by atoms with Crippen molar-refractivity contribution in [2.45, 2.75) is 19.3 Å². The van der Waals surface area contributed by atoms with E-state index in [-0.39, 0.29) is 0 Å². The molecule has 44 valence electrons. The second-order valence-corrected chi connectivity index (χ2v) is 2.28. The summed E-state index contributed by atoms with van der Waals surface area (Å²) in [4.78, 5) is 0. The lowest BCUT2D eigenvalue weighted by Crippen LogP contribution is -1.96. The Morgan fingerprint density at radius 3 is 2.75 bits per heavy atom. The lowest BCUT2D eigenvalue weighted by molar-refractivity contribution is 0.585. The highest BCUT2D eigenvalue weighted by Gasteiger charge is 2.02. The number of allylic oxidation sites excluding steroid dienone is 3. The van der Waals surface area contributed by atoms with Crippen LogP contribution in [0.4, 0.5) is 0 Å². The Labute approximate surface area is 50.9 Å². The molecule has 0 saturated heterocycles. The van der Waals surface area contributed by atoms with Gasteiger partial charge in [0.15, 0.2) is 0 Å². The molecule has 0 amide bonds. The van der Waals surface area contributed by atoms with Crippen LogP contribution >= 0.6 is 0 Å². The van der Waals surface area contributed by atoms with Crippen molar-refractivity contribution in [3.63, 3.8) is 0 Å². The quantitative estimate of drug-likeness (QED) is 0.453. The van der Waals surface area contributed by atoms with E-state index in [1.807, 2.05) is 0 Å². The van der Waals surface area contributed by atoms with E-state index in [9.17, 15) is 0 Å². The summed E-state index contributed by atoms with van der Waals surface area (Å²) in [5.74, 6) is 0.764. The van der Waals surface area contributed by atoms with Crippen LogP contribution in [0.2, 0.25) is 0 Å². The van der Waals surface area contributed by atoms with Gasteiger partial charge in [-0.3, -0.25) is 0 Å². The average molecular weight is 108 g/mol. The number of hydrogen-bond donors (Lipinski definition) is 0. The molecule has 1 atom stereocenters. The zero-order valence-corrected chi connectivity index (χ0v) is 5.14. The largest absolute Gasteiger partial charge is 0.103 e. The molecular weight excluding hydrogens is 96.1 g/mol. The topological polar surface area (TPSA) is 0 Å². The summed E-state index contributed by atoms with van der Waals surface area (Å²) in [7, 11) is 0. The van der Waals surface area contributed by atoms with Gasteiger partial charge in [0.2, 0.25) is 0 Å². The molecule has 0 aromatic rings. The van der Waals surface area contributed by atoms with Gasteiger partial charge in [-0.25, -0.2) is 0 Å². The van der Waals surface area contributed by atoms with Crippen LogP contribution in [0.1, 0.15) is 19.3 Å². The summed E-state index contributed by atoms with van der Waals surface area (Å²) >= 11 is 0. The predicted octanol–water partition coefficient (Wildman–Crippen LogP) is 2.53. The minimum absolute atomic E-state index is 0.764. The van der Waals surface area contributed by atoms with Crippen LogP contribution in [0.3, 0.4) is 0 Å². The second-order valence-electron chi connectivity index (χ2n) is 2.28. The van der Waals surface area contributed by atoms with Crippen LogP contribution in [0.15, 0.2) is 24.8 Å². The molecule has 0 aromatic heterocycles. The Hall–Kier alpha value is -0.520. The molecule has 0 bridgehead atoms. The van der Waals surface area contributed by atoms with Crippen molar-refractivity contribution in [3.05, 3.63) is 24.8 Å². The fourth-order valence-electron chi connectivity index (χ4n) is 1.03. The van der Waals surface area contributed by atoms with E-state index < -0.39 is 0 Å². The average Bonchev–Trinajstić information content (AvgIpc) is 1.90. The molecule has 1 rings (SSSR count). The summed E-state index contributed by atoms with van der Waals surface area (Å²) in [6, 6.07) is 0. The zero-order valence-electron chi connectivity index (χ0n) is 5.14. The number of rotatable bonds is 1. The van der Waals surface area contributed by atoms with Crippen LogP contribution in [-0.2, 0) is 0 Å². The second kappa shape index (κ2) is 2.71. The minimum Gasteiger partial charge on any atom is -0.103 e. The third kappa shape index (κ3) is 1.22. The third-order valence-corrected chi connectivity index (χ3v) is 1.64. The Morgan fingerprint density at radius 2 is 2.38 bits per heavy atom. The molecule has 0 heteroatoms. The van der Waals surface area contributed by atoms with Crippen molar-refractivity contribution < 1.29 is 0 Å². The SMILES string of the molecule is C=C[C@H]1CC=CCC1. The maximum atomic E-state index is 3.75. The van der Waals surface area contributed by atoms with Crippen LogP contribution in [-0.4, -0.2) is 0 Å². The van der Waals surface area contributed by atoms with Crippen LogP contribution in [0, 0.1) is 5.92 Å². The van der Waals surface area contributed by atoms with E-state index >= 15 is 0 Å². The molecular formula is C8H12. The standard InChI is InChI=1S/C8H12/c1-2-8-6-4-3-5-7-8/h2-4,8H,1,5-7H2/t8-/m0/s1. The molecule has 0 nitrogen and oxygen atoms in total. The first-order valence-corrected chi connectivity index (χ1v) is 3.21. The molecule has 0 saturated carbocycles. The van der Waals surface area contributed by atoms with Gasteiger partial charge >= 0.3 is 0 Å². The molecule has 0 spiro atoms. The molecule has 0 N–H and O–H groups in total. The van der Waals surface area contributed by atoms with E-state index in [4.69, 9.17) is 0 Å². The summed E-state index contributed by atoms with van der Waals surface area (Å²) in [5.41, 5.74) is 0. The molecule has 0 heterocycles. The van der Waals surface area contributed by atoms with Gasteiger partial charge in [-0.1, -0.05) is 18.2 Å². The molecule has 8 heavy (non-hydrogen) atoms. The Balaban J connectivity index is 2.37. The monoisotopic (exact) mass is 108 g/mol. The van der Waals surface area contributed by atoms with Crippen molar-refractivity contribution in [2.24, 2.45) is 5.92 Å². The summed E-state index contributed by atoms with van der Waals surface area (Å²) in [6.45, 7) is 3.75. The van der Waals surface area contributed by atoms with Gasteiger partial charge in [-0.05, 0) is 25.2 Å². The Morgan fingerprint density at radius 1 is 1.50 bits per heavy atom. The highest BCUT2D eigenvalue weighted by molar-refractivity contribution is 4.95. The Kier molecular flexibility index (Phi) is 1.90. The third-order valence-electron chi connectivity index (χ3n) is 1.64. The molecule has 0 aliphatic heterocycles. The van der Waals surface area contributed by atoms with E-state index in [2.05, 4.69) is 24.8 Å². The van der Waals surface area contributed by atoms with Gasteiger partial charge in [-0.2, -0.15) is 0 Å². The van der Waals surface area contributed by atoms with Crippen LogP contribution < -0.4 is 0 Å². The van der Waals surface area contributed by atoms with Crippen molar-refractivity contribution in [1.29, 1.82) is 0 Å². The molecule has 0 fully saturated rings. The van der Waals surface area contributed by atoms with Gasteiger partial charge in [0.1, 0.15) is 0 Å². The maximum Gasteiger partial charge on any atom is -0.0199 e. The van der Waals surface area contributed by atoms with E-state index in [0.29, 0.717) is 0 Å². The first-order chi connectivity index (χ1) is 3.93. The van der Waals surface area contributed by atoms with Crippen molar-refractivity contribution in [2.75, 3.05) is 0 Å². The smallest absolute Gasteiger partial charge is 0.0199 e. The van der Waals surface area contributed by atoms with E-state index in [0.717, 1.165) is 5.92 Å². The number of hydrogen-bond acceptors (Lipinski definition) is 0. The van der Waals surface area contributed by atoms with Gasteiger partial charge in [-0.15, -0.1) is 6.58 Å². The van der Waals surface area contributed by atoms with Gasteiger partial charge < -0.3 is 0 Å². The maximum absolute atomic E-state index is 3.75. The first kappa shape index (κ1) is 5.61. The predicted molar refractivity (Wildman–Crippen MR) is 36.7 cm³/mol. The molecule has 0 radical (unpaired) electrons. The molecule has 0 aromatic carbocycles. The van der Waals surface area contributed by atoms with Gasteiger partial charge in [0, 0.05) is 0 Å². The van der Waals surface area contributed by atoms with Crippen molar-refractivity contribution >= 4 is 0 Å². The lowest BCUT2D eigenvalue weighted by Gasteiger charge is -2.11. The van der Waals surface area contributed by atoms with Gasteiger partial charge in [0.25, 0.3) is 0 Å². The lowest BCUT2D eigenvalue weighted by atomic mass is 9.95. The highest BCUT2D eigenvalue weighted by atomic mass is 14.1. The van der Waals surface area contributed by atoms with Crippen molar-refractivity contribution in [1.82, 2.24) is 0 Å². The van der Waals surface area contributed by atoms with E-state index in [1.165, 1.54) is 19.3 Å². The highest BCUT2D eigenvalue weighted by Crippen LogP contribution is 2.17. The van der Waals surface area contributed by atoms with E-state index in [1.54, 1.807) is 0 Å². The zero-order chi connectivity index (χ0) is 5.82. The summed E-state index contributed by atoms with van der Waals surface area (Å²) < 4.78 is 0. The fraction of sp³-hybridized carbons (Fsp3) is 0.500. The fourth-order valence-corrected chi connectivity index (χ4v) is 1.03. The summed E-state index contributed by atoms with van der Waals surface area (Å²) in [6.07, 6.45) is 10.3. The molecule has 0 unspecified atom stereocenters. The minimum atomic E-state index is 0.764. The normalized spacial score (nSPS) is 27.8. The first-order valence-electron chi connectivity index (χ1n) is 3.21. The molecule has 1 aliphatic carbocycles.